The SMILES string of the molecule is CC1CN(CC2CCN(C(=O)N3CCN4c5cc(-c6ccccc6O)nnc5NC[C@H]4C3)CC2)CCN1c1ccc2c(c1)C(=O)N(C1CCC(=O)NC1=O)C2=O. The summed E-state index contributed by atoms with van der Waals surface area (Å²) in [5.41, 5.74) is 3.64. The largest absolute Gasteiger partial charge is 0.507 e. The fraction of sp³-hybridized carbons (Fsp3) is 0.475. The summed E-state index contributed by atoms with van der Waals surface area (Å²) in [6.07, 6.45) is 2.13. The Morgan fingerprint density at radius 3 is 2.39 bits per heavy atom. The van der Waals surface area contributed by atoms with Crippen molar-refractivity contribution in [3.05, 3.63) is 59.7 Å². The summed E-state index contributed by atoms with van der Waals surface area (Å²) in [5.74, 6) is -0.624. The van der Waals surface area contributed by atoms with Crippen molar-refractivity contribution in [3.8, 4) is 17.0 Å². The number of amides is 6. The average Bonchev–Trinajstić information content (AvgIpc) is 3.45. The molecule has 3 atom stereocenters. The second-order valence-corrected chi connectivity index (χ2v) is 15.8. The summed E-state index contributed by atoms with van der Waals surface area (Å²) in [4.78, 5) is 76.6. The number of piperidine rings is 2. The Hall–Kier alpha value is -5.77. The molecule has 292 valence electrons. The molecule has 9 rings (SSSR count). The lowest BCUT2D eigenvalue weighted by Gasteiger charge is -2.47. The predicted octanol–water partition coefficient (Wildman–Crippen LogP) is 2.21. The summed E-state index contributed by atoms with van der Waals surface area (Å²) in [6.45, 7) is 9.70. The van der Waals surface area contributed by atoms with Crippen molar-refractivity contribution in [2.75, 3.05) is 80.6 Å². The van der Waals surface area contributed by atoms with Gasteiger partial charge in [0.05, 0.1) is 28.6 Å². The van der Waals surface area contributed by atoms with Crippen LogP contribution in [-0.2, 0) is 9.59 Å². The van der Waals surface area contributed by atoms with Crippen molar-refractivity contribution in [1.29, 1.82) is 0 Å². The molecule has 56 heavy (non-hydrogen) atoms. The molecule has 4 saturated heterocycles. The zero-order valence-electron chi connectivity index (χ0n) is 31.4. The number of piperazine rings is 2. The number of aromatic hydroxyl groups is 1. The van der Waals surface area contributed by atoms with Gasteiger partial charge in [0.1, 0.15) is 11.8 Å². The average molecular weight is 763 g/mol. The number of anilines is 3. The van der Waals surface area contributed by atoms with E-state index in [4.69, 9.17) is 0 Å². The molecule has 6 amide bonds. The van der Waals surface area contributed by atoms with E-state index in [1.54, 1.807) is 24.3 Å². The summed E-state index contributed by atoms with van der Waals surface area (Å²) in [7, 11) is 0. The van der Waals surface area contributed by atoms with E-state index >= 15 is 0 Å². The number of imide groups is 2. The standard InChI is InChI=1S/C40H46N10O6/c1-24-21-45(14-16-48(24)26-6-7-28-30(18-26)39(55)50(38(28)54)32-8-9-35(52)42-37(32)53)22-25-10-12-46(13-11-25)40(56)47-15-17-49-27(23-47)20-41-36-33(49)19-31(43-44-36)29-4-2-3-5-34(29)51/h2-7,18-19,24-25,27,32,51H,8-17,20-23H2,1H3,(H,41,44)(H,42,52,53)/t24?,27-,32?/m0/s1. The molecule has 6 aliphatic heterocycles. The van der Waals surface area contributed by atoms with Crippen molar-refractivity contribution in [3.63, 3.8) is 0 Å². The number of hydrogen-bond donors (Lipinski definition) is 3. The van der Waals surface area contributed by atoms with E-state index in [-0.39, 0.29) is 42.3 Å². The van der Waals surface area contributed by atoms with E-state index in [0.29, 0.717) is 48.9 Å². The molecule has 0 spiro atoms. The topological polar surface area (TPSA) is 175 Å². The molecule has 3 aromatic rings. The molecule has 16 heteroatoms. The summed E-state index contributed by atoms with van der Waals surface area (Å²) < 4.78 is 0. The molecule has 16 nitrogen and oxygen atoms in total. The molecule has 0 aliphatic carbocycles. The number of likely N-dealkylation sites (tertiary alicyclic amines) is 1. The number of urea groups is 1. The van der Waals surface area contributed by atoms with E-state index < -0.39 is 29.7 Å². The van der Waals surface area contributed by atoms with Gasteiger partial charge in [-0.3, -0.25) is 34.3 Å². The Bertz CT molecular complexity index is 2100. The quantitative estimate of drug-likeness (QED) is 0.324. The fourth-order valence-corrected chi connectivity index (χ4v) is 9.38. The van der Waals surface area contributed by atoms with Crippen LogP contribution in [0.15, 0.2) is 48.5 Å². The predicted molar refractivity (Wildman–Crippen MR) is 206 cm³/mol. The molecule has 3 N–H and O–H groups in total. The summed E-state index contributed by atoms with van der Waals surface area (Å²) in [6, 6.07) is 13.8. The van der Waals surface area contributed by atoms with Gasteiger partial charge in [-0.25, -0.2) is 4.79 Å². The van der Waals surface area contributed by atoms with Crippen molar-refractivity contribution >= 4 is 46.9 Å². The molecule has 6 aliphatic rings. The zero-order chi connectivity index (χ0) is 38.7. The van der Waals surface area contributed by atoms with Gasteiger partial charge < -0.3 is 30.0 Å². The maximum Gasteiger partial charge on any atom is 0.320 e. The van der Waals surface area contributed by atoms with E-state index in [2.05, 4.69) is 42.5 Å². The number of hydrogen-bond acceptors (Lipinski definition) is 12. The van der Waals surface area contributed by atoms with Gasteiger partial charge in [-0.15, -0.1) is 10.2 Å². The number of phenols is 1. The number of carbonyl (C=O) groups is 5. The number of fused-ring (bicyclic) bond motifs is 4. The lowest BCUT2D eigenvalue weighted by atomic mass is 9.95. The first kappa shape index (κ1) is 35.9. The maximum absolute atomic E-state index is 13.8. The molecule has 1 aromatic heterocycles. The smallest absolute Gasteiger partial charge is 0.320 e. The van der Waals surface area contributed by atoms with Crippen LogP contribution < -0.4 is 20.4 Å². The first-order chi connectivity index (χ1) is 27.1. The van der Waals surface area contributed by atoms with Crippen LogP contribution in [0, 0.1) is 5.92 Å². The Kier molecular flexibility index (Phi) is 9.22. The number of para-hydroxylation sites is 1. The van der Waals surface area contributed by atoms with E-state index in [0.717, 1.165) is 74.2 Å². The molecular weight excluding hydrogens is 717 g/mol. The molecule has 7 heterocycles. The highest BCUT2D eigenvalue weighted by Gasteiger charge is 2.45. The molecular formula is C40H46N10O6. The third-order valence-corrected chi connectivity index (χ3v) is 12.4. The molecule has 0 saturated carbocycles. The summed E-state index contributed by atoms with van der Waals surface area (Å²) in [5, 5.41) is 24.8. The Morgan fingerprint density at radius 2 is 1.61 bits per heavy atom. The van der Waals surface area contributed by atoms with E-state index in [9.17, 15) is 29.1 Å². The van der Waals surface area contributed by atoms with Crippen LogP contribution in [0.1, 0.15) is 53.3 Å². The van der Waals surface area contributed by atoms with Gasteiger partial charge in [0.15, 0.2) is 5.82 Å². The van der Waals surface area contributed by atoms with Crippen molar-refractivity contribution in [2.24, 2.45) is 5.92 Å². The maximum atomic E-state index is 13.8. The summed E-state index contributed by atoms with van der Waals surface area (Å²) >= 11 is 0. The van der Waals surface area contributed by atoms with Crippen LogP contribution in [-0.4, -0.2) is 148 Å². The minimum Gasteiger partial charge on any atom is -0.507 e. The number of benzene rings is 2. The van der Waals surface area contributed by atoms with Gasteiger partial charge in [-0.1, -0.05) is 12.1 Å². The number of nitrogens with one attached hydrogen (secondary N) is 2. The third kappa shape index (κ3) is 6.44. The monoisotopic (exact) mass is 762 g/mol. The van der Waals surface area contributed by atoms with Crippen LogP contribution >= 0.6 is 0 Å². The number of aromatic nitrogens is 2. The second kappa shape index (κ2) is 14.4. The van der Waals surface area contributed by atoms with Crippen LogP contribution in [0.25, 0.3) is 11.3 Å². The highest BCUT2D eigenvalue weighted by Crippen LogP contribution is 2.37. The molecule has 2 unspecified atom stereocenters. The van der Waals surface area contributed by atoms with Crippen molar-refractivity contribution in [1.82, 2.24) is 35.1 Å². The number of rotatable bonds is 5. The van der Waals surface area contributed by atoms with Gasteiger partial charge in [0, 0.05) is 89.2 Å². The number of carbonyl (C=O) groups excluding carboxylic acids is 5. The van der Waals surface area contributed by atoms with Crippen LogP contribution in [0.5, 0.6) is 5.75 Å². The van der Waals surface area contributed by atoms with Crippen LogP contribution in [0.3, 0.4) is 0 Å². The second-order valence-electron chi connectivity index (χ2n) is 15.8. The third-order valence-electron chi connectivity index (χ3n) is 12.4. The Morgan fingerprint density at radius 1 is 0.821 bits per heavy atom. The minimum atomic E-state index is -0.983. The van der Waals surface area contributed by atoms with Crippen LogP contribution in [0.4, 0.5) is 22.0 Å². The highest BCUT2D eigenvalue weighted by molar-refractivity contribution is 6.23. The lowest BCUT2D eigenvalue weighted by Crippen LogP contribution is -2.61. The van der Waals surface area contributed by atoms with Gasteiger partial charge in [-0.2, -0.15) is 0 Å². The molecule has 2 aromatic carbocycles. The first-order valence-electron chi connectivity index (χ1n) is 19.7. The highest BCUT2D eigenvalue weighted by atomic mass is 16.3. The number of phenolic OH excluding ortho intramolecular Hbond substituents is 1. The van der Waals surface area contributed by atoms with Gasteiger partial charge >= 0.3 is 6.03 Å². The van der Waals surface area contributed by atoms with Crippen molar-refractivity contribution < 1.29 is 29.1 Å². The zero-order valence-corrected chi connectivity index (χ0v) is 31.4. The minimum absolute atomic E-state index is 0.0862. The Labute approximate surface area is 324 Å². The number of nitrogens with zero attached hydrogens (tertiary/aromatic N) is 8. The van der Waals surface area contributed by atoms with E-state index in [1.807, 2.05) is 34.1 Å². The van der Waals surface area contributed by atoms with Gasteiger partial charge in [0.2, 0.25) is 11.8 Å². The van der Waals surface area contributed by atoms with E-state index in [1.165, 1.54) is 0 Å². The molecule has 4 fully saturated rings. The first-order valence-corrected chi connectivity index (χ1v) is 19.7. The van der Waals surface area contributed by atoms with Gasteiger partial charge in [-0.05, 0) is 68.5 Å². The van der Waals surface area contributed by atoms with Gasteiger partial charge in [0.25, 0.3) is 11.8 Å². The van der Waals surface area contributed by atoms with Crippen molar-refractivity contribution in [2.45, 2.75) is 50.7 Å². The van der Waals surface area contributed by atoms with Crippen LogP contribution in [0.2, 0.25) is 0 Å². The molecule has 0 bridgehead atoms. The molecule has 0 radical (unpaired) electrons. The Balaban J connectivity index is 0.759. The lowest BCUT2D eigenvalue weighted by molar-refractivity contribution is -0.136. The normalized spacial score (nSPS) is 24.4. The fourth-order valence-electron chi connectivity index (χ4n) is 9.38.